The molecule has 0 aromatic heterocycles. The van der Waals surface area contributed by atoms with Crippen molar-refractivity contribution < 1.29 is 0 Å². The number of hydrogen-bond acceptors (Lipinski definition) is 0. The van der Waals surface area contributed by atoms with Crippen LogP contribution in [0, 0.1) is 11.8 Å². The molecule has 0 atom stereocenters. The molecule has 2 fully saturated rings. The molecule has 0 aromatic carbocycles. The molecule has 0 nitrogen and oxygen atoms in total. The van der Waals surface area contributed by atoms with Crippen molar-refractivity contribution in [1.82, 2.24) is 0 Å². The second kappa shape index (κ2) is 10.4. The van der Waals surface area contributed by atoms with Crippen molar-refractivity contribution in [3.8, 4) is 0 Å². The molecule has 0 aliphatic heterocycles. The van der Waals surface area contributed by atoms with Gasteiger partial charge in [0.2, 0.25) is 0 Å². The lowest BCUT2D eigenvalue weighted by Gasteiger charge is -2.17. The first-order valence-corrected chi connectivity index (χ1v) is 8.12. The van der Waals surface area contributed by atoms with Gasteiger partial charge in [0, 0.05) is 0 Å². The van der Waals surface area contributed by atoms with E-state index >= 15 is 0 Å². The van der Waals surface area contributed by atoms with E-state index in [4.69, 9.17) is 0 Å². The fourth-order valence-corrected chi connectivity index (χ4v) is 3.20. The minimum absolute atomic E-state index is 0.920. The Balaban J connectivity index is 0.000000180. The Morgan fingerprint density at radius 2 is 0.889 bits per heavy atom. The van der Waals surface area contributed by atoms with E-state index in [1.807, 2.05) is 0 Å². The van der Waals surface area contributed by atoms with Crippen LogP contribution in [0.3, 0.4) is 0 Å². The van der Waals surface area contributed by atoms with Crippen LogP contribution in [-0.2, 0) is 0 Å². The van der Waals surface area contributed by atoms with Gasteiger partial charge in [-0.1, -0.05) is 62.8 Å². The molecular formula is C18H32. The Hall–Kier alpha value is -0.520. The molecule has 0 spiro atoms. The maximum absolute atomic E-state index is 2.36. The zero-order valence-corrected chi connectivity index (χ0v) is 12.5. The van der Waals surface area contributed by atoms with Gasteiger partial charge >= 0.3 is 0 Å². The van der Waals surface area contributed by atoms with Crippen LogP contribution in [0.4, 0.5) is 0 Å². The molecule has 2 rings (SSSR count). The van der Waals surface area contributed by atoms with Crippen molar-refractivity contribution in [3.63, 3.8) is 0 Å². The highest BCUT2D eigenvalue weighted by atomic mass is 14.1. The molecule has 0 aromatic rings. The first kappa shape index (κ1) is 15.5. The average molecular weight is 248 g/mol. The molecular weight excluding hydrogens is 216 g/mol. The van der Waals surface area contributed by atoms with Crippen LogP contribution >= 0.6 is 0 Å². The van der Waals surface area contributed by atoms with Crippen molar-refractivity contribution in [3.05, 3.63) is 24.3 Å². The van der Waals surface area contributed by atoms with E-state index in [1.165, 1.54) is 64.2 Å². The zero-order chi connectivity index (χ0) is 13.1. The fraction of sp³-hybridized carbons (Fsp3) is 0.778. The molecule has 0 radical (unpaired) electrons. The van der Waals surface area contributed by atoms with Gasteiger partial charge in [-0.3, -0.25) is 0 Å². The molecule has 0 heterocycles. The van der Waals surface area contributed by atoms with Crippen molar-refractivity contribution >= 4 is 0 Å². The molecule has 18 heavy (non-hydrogen) atoms. The van der Waals surface area contributed by atoms with E-state index in [1.54, 1.807) is 0 Å². The lowest BCUT2D eigenvalue weighted by Crippen LogP contribution is -2.01. The zero-order valence-electron chi connectivity index (χ0n) is 12.5. The normalized spacial score (nSPS) is 23.2. The van der Waals surface area contributed by atoms with Crippen LogP contribution in [0.25, 0.3) is 0 Å². The maximum Gasteiger partial charge on any atom is -0.0234 e. The van der Waals surface area contributed by atoms with Gasteiger partial charge in [-0.2, -0.15) is 0 Å². The van der Waals surface area contributed by atoms with Gasteiger partial charge in [0.05, 0.1) is 0 Å². The summed E-state index contributed by atoms with van der Waals surface area (Å²) >= 11 is 0. The van der Waals surface area contributed by atoms with Crippen LogP contribution in [0.15, 0.2) is 24.3 Å². The lowest BCUT2D eigenvalue weighted by atomic mass is 9.89. The highest BCUT2D eigenvalue weighted by Crippen LogP contribution is 2.24. The third kappa shape index (κ3) is 7.03. The van der Waals surface area contributed by atoms with Gasteiger partial charge in [0.15, 0.2) is 0 Å². The summed E-state index contributed by atoms with van der Waals surface area (Å²) in [5, 5.41) is 0. The molecule has 0 heteroatoms. The van der Waals surface area contributed by atoms with E-state index in [9.17, 15) is 0 Å². The third-order valence-electron chi connectivity index (χ3n) is 4.23. The van der Waals surface area contributed by atoms with Crippen molar-refractivity contribution in [1.29, 1.82) is 0 Å². The summed E-state index contributed by atoms with van der Waals surface area (Å²) in [4.78, 5) is 0. The van der Waals surface area contributed by atoms with Crippen molar-refractivity contribution in [2.24, 2.45) is 11.8 Å². The summed E-state index contributed by atoms with van der Waals surface area (Å²) < 4.78 is 0. The van der Waals surface area contributed by atoms with E-state index in [0.717, 1.165) is 11.8 Å². The Morgan fingerprint density at radius 3 is 1.17 bits per heavy atom. The summed E-state index contributed by atoms with van der Waals surface area (Å²) in [6.07, 6.45) is 23.6. The Kier molecular flexibility index (Phi) is 8.98. The van der Waals surface area contributed by atoms with Gasteiger partial charge in [0.1, 0.15) is 0 Å². The topological polar surface area (TPSA) is 0 Å². The lowest BCUT2D eigenvalue weighted by molar-refractivity contribution is 0.419. The van der Waals surface area contributed by atoms with Crippen LogP contribution < -0.4 is 0 Å². The van der Waals surface area contributed by atoms with Crippen LogP contribution in [0.5, 0.6) is 0 Å². The number of hydrogen-bond donors (Lipinski definition) is 0. The van der Waals surface area contributed by atoms with Crippen LogP contribution in [-0.4, -0.2) is 0 Å². The minimum Gasteiger partial charge on any atom is -0.0914 e. The Labute approximate surface area is 115 Å². The molecule has 2 aliphatic carbocycles. The van der Waals surface area contributed by atoms with E-state index in [-0.39, 0.29) is 0 Å². The van der Waals surface area contributed by atoms with Gasteiger partial charge < -0.3 is 0 Å². The molecule has 0 saturated heterocycles. The largest absolute Gasteiger partial charge is 0.0914 e. The predicted molar refractivity (Wildman–Crippen MR) is 82.8 cm³/mol. The maximum atomic E-state index is 2.36. The third-order valence-corrected chi connectivity index (χ3v) is 4.23. The molecule has 0 amide bonds. The van der Waals surface area contributed by atoms with Crippen LogP contribution in [0.1, 0.15) is 78.1 Å². The second-order valence-electron chi connectivity index (χ2n) is 5.85. The van der Waals surface area contributed by atoms with Crippen molar-refractivity contribution in [2.45, 2.75) is 78.1 Å². The molecule has 0 N–H and O–H groups in total. The summed E-state index contributed by atoms with van der Waals surface area (Å²) in [5.41, 5.74) is 0. The molecule has 0 unspecified atom stereocenters. The quantitative estimate of drug-likeness (QED) is 0.504. The van der Waals surface area contributed by atoms with Gasteiger partial charge in [-0.05, 0) is 51.4 Å². The van der Waals surface area contributed by atoms with E-state index in [2.05, 4.69) is 38.2 Å². The number of allylic oxidation sites excluding steroid dienone is 4. The first-order chi connectivity index (χ1) is 8.86. The molecule has 0 bridgehead atoms. The minimum atomic E-state index is 0.920. The van der Waals surface area contributed by atoms with Crippen molar-refractivity contribution in [2.75, 3.05) is 0 Å². The molecule has 2 saturated carbocycles. The summed E-state index contributed by atoms with van der Waals surface area (Å²) in [6, 6.07) is 0. The SMILES string of the molecule is C/C=C/C1CCCCC1.C/C=C/C1CCCCC1. The summed E-state index contributed by atoms with van der Waals surface area (Å²) in [5.74, 6) is 1.84. The standard InChI is InChI=1S/2C9H16/c2*1-2-6-9-7-4-3-5-8-9/h2*2,6,9H,3-5,7-8H2,1H3/b2*6-2+. The molecule has 2 aliphatic rings. The van der Waals surface area contributed by atoms with Crippen LogP contribution in [0.2, 0.25) is 0 Å². The highest BCUT2D eigenvalue weighted by Gasteiger charge is 2.09. The van der Waals surface area contributed by atoms with Gasteiger partial charge in [0.25, 0.3) is 0 Å². The van der Waals surface area contributed by atoms with Gasteiger partial charge in [-0.15, -0.1) is 0 Å². The highest BCUT2D eigenvalue weighted by molar-refractivity contribution is 4.87. The smallest absolute Gasteiger partial charge is 0.0234 e. The average Bonchev–Trinajstić information content (AvgIpc) is 2.43. The Morgan fingerprint density at radius 1 is 0.556 bits per heavy atom. The summed E-state index contributed by atoms with van der Waals surface area (Å²) in [7, 11) is 0. The van der Waals surface area contributed by atoms with E-state index in [0.29, 0.717) is 0 Å². The Bertz CT molecular complexity index is 198. The van der Waals surface area contributed by atoms with Gasteiger partial charge in [-0.25, -0.2) is 0 Å². The number of rotatable bonds is 2. The molecule has 104 valence electrons. The second-order valence-corrected chi connectivity index (χ2v) is 5.85. The summed E-state index contributed by atoms with van der Waals surface area (Å²) in [6.45, 7) is 4.24. The fourth-order valence-electron chi connectivity index (χ4n) is 3.20. The first-order valence-electron chi connectivity index (χ1n) is 8.12. The van der Waals surface area contributed by atoms with E-state index < -0.39 is 0 Å². The predicted octanol–water partition coefficient (Wildman–Crippen LogP) is 6.29. The monoisotopic (exact) mass is 248 g/mol.